The van der Waals surface area contributed by atoms with E-state index in [4.69, 9.17) is 0 Å². The summed E-state index contributed by atoms with van der Waals surface area (Å²) in [5.74, 6) is -0.0459. The molecule has 1 aromatic heterocycles. The molecule has 100 valence electrons. The van der Waals surface area contributed by atoms with Crippen molar-refractivity contribution in [2.75, 3.05) is 10.6 Å². The highest BCUT2D eigenvalue weighted by Gasteiger charge is 2.07. The number of amides is 1. The predicted octanol–water partition coefficient (Wildman–Crippen LogP) is 4.19. The third-order valence-corrected chi connectivity index (χ3v) is 3.66. The number of carbonyl (C=O) groups excluding carboxylic acids is 1. The van der Waals surface area contributed by atoms with Crippen LogP contribution in [0.15, 0.2) is 35.0 Å². The summed E-state index contributed by atoms with van der Waals surface area (Å²) in [4.78, 5) is 11.1. The Morgan fingerprint density at radius 3 is 2.68 bits per heavy atom. The van der Waals surface area contributed by atoms with Gasteiger partial charge in [0.2, 0.25) is 5.91 Å². The van der Waals surface area contributed by atoms with Crippen LogP contribution in [0.25, 0.3) is 0 Å². The molecule has 1 aromatic carbocycles. The summed E-state index contributed by atoms with van der Waals surface area (Å²) >= 11 is 1.70. The first-order valence-corrected chi connectivity index (χ1v) is 7.17. The highest BCUT2D eigenvalue weighted by Crippen LogP contribution is 2.24. The van der Waals surface area contributed by atoms with E-state index in [1.165, 1.54) is 12.5 Å². The van der Waals surface area contributed by atoms with Crippen LogP contribution in [0.4, 0.5) is 11.4 Å². The van der Waals surface area contributed by atoms with Gasteiger partial charge in [-0.25, -0.2) is 0 Å². The molecule has 0 fully saturated rings. The molecule has 0 aliphatic carbocycles. The molecule has 1 heterocycles. The van der Waals surface area contributed by atoms with Crippen LogP contribution in [0.2, 0.25) is 0 Å². The second-order valence-electron chi connectivity index (χ2n) is 4.63. The second kappa shape index (κ2) is 5.89. The molecule has 19 heavy (non-hydrogen) atoms. The maximum atomic E-state index is 11.1. The first kappa shape index (κ1) is 13.6. The van der Waals surface area contributed by atoms with Gasteiger partial charge >= 0.3 is 0 Å². The highest BCUT2D eigenvalue weighted by molar-refractivity contribution is 7.07. The van der Waals surface area contributed by atoms with Crippen molar-refractivity contribution in [3.8, 4) is 0 Å². The Morgan fingerprint density at radius 1 is 1.32 bits per heavy atom. The minimum Gasteiger partial charge on any atom is -0.378 e. The summed E-state index contributed by atoms with van der Waals surface area (Å²) in [6.07, 6.45) is 0. The summed E-state index contributed by atoms with van der Waals surface area (Å²) < 4.78 is 0. The quantitative estimate of drug-likeness (QED) is 0.877. The Morgan fingerprint density at radius 2 is 2.11 bits per heavy atom. The fourth-order valence-electron chi connectivity index (χ4n) is 1.94. The highest BCUT2D eigenvalue weighted by atomic mass is 32.1. The van der Waals surface area contributed by atoms with Crippen LogP contribution < -0.4 is 10.6 Å². The van der Waals surface area contributed by atoms with Crippen molar-refractivity contribution in [2.24, 2.45) is 0 Å². The smallest absolute Gasteiger partial charge is 0.221 e. The zero-order valence-corrected chi connectivity index (χ0v) is 12.2. The zero-order chi connectivity index (χ0) is 13.8. The van der Waals surface area contributed by atoms with Crippen LogP contribution in [0, 0.1) is 6.92 Å². The standard InChI is InChI=1S/C15H18N2OS/c1-10-8-14(4-5-15(10)17-12(3)18)16-11(2)13-6-7-19-9-13/h4-9,11,16H,1-3H3,(H,17,18). The number of thiophene rings is 1. The van der Waals surface area contributed by atoms with E-state index in [1.807, 2.05) is 25.1 Å². The Labute approximate surface area is 117 Å². The van der Waals surface area contributed by atoms with Gasteiger partial charge in [0.25, 0.3) is 0 Å². The van der Waals surface area contributed by atoms with Gasteiger partial charge in [0.1, 0.15) is 0 Å². The number of anilines is 2. The molecule has 0 aliphatic heterocycles. The lowest BCUT2D eigenvalue weighted by Gasteiger charge is -2.16. The zero-order valence-electron chi connectivity index (χ0n) is 11.4. The molecular formula is C15H18N2OS. The topological polar surface area (TPSA) is 41.1 Å². The summed E-state index contributed by atoms with van der Waals surface area (Å²) in [7, 11) is 0. The van der Waals surface area contributed by atoms with E-state index < -0.39 is 0 Å². The van der Waals surface area contributed by atoms with E-state index in [1.54, 1.807) is 11.3 Å². The van der Waals surface area contributed by atoms with E-state index in [0.717, 1.165) is 16.9 Å². The van der Waals surface area contributed by atoms with Crippen LogP contribution >= 0.6 is 11.3 Å². The minimum atomic E-state index is -0.0459. The number of nitrogens with one attached hydrogen (secondary N) is 2. The van der Waals surface area contributed by atoms with E-state index in [9.17, 15) is 4.79 Å². The van der Waals surface area contributed by atoms with Crippen molar-refractivity contribution in [1.29, 1.82) is 0 Å². The lowest BCUT2D eigenvalue weighted by Crippen LogP contribution is -2.08. The van der Waals surface area contributed by atoms with Crippen molar-refractivity contribution in [1.82, 2.24) is 0 Å². The Kier molecular flexibility index (Phi) is 4.22. The largest absolute Gasteiger partial charge is 0.378 e. The number of aryl methyl sites for hydroxylation is 1. The van der Waals surface area contributed by atoms with Gasteiger partial charge < -0.3 is 10.6 Å². The van der Waals surface area contributed by atoms with Crippen molar-refractivity contribution in [2.45, 2.75) is 26.8 Å². The van der Waals surface area contributed by atoms with Crippen molar-refractivity contribution < 1.29 is 4.79 Å². The molecule has 0 saturated heterocycles. The number of carbonyl (C=O) groups is 1. The molecule has 2 rings (SSSR count). The predicted molar refractivity (Wildman–Crippen MR) is 81.8 cm³/mol. The lowest BCUT2D eigenvalue weighted by atomic mass is 10.1. The van der Waals surface area contributed by atoms with Crippen LogP contribution in [-0.4, -0.2) is 5.91 Å². The van der Waals surface area contributed by atoms with Gasteiger partial charge in [0.15, 0.2) is 0 Å². The molecule has 0 spiro atoms. The maximum absolute atomic E-state index is 11.1. The van der Waals surface area contributed by atoms with Gasteiger partial charge in [-0.15, -0.1) is 0 Å². The van der Waals surface area contributed by atoms with Gasteiger partial charge in [0, 0.05) is 24.3 Å². The summed E-state index contributed by atoms with van der Waals surface area (Å²) in [5.41, 5.74) is 4.26. The SMILES string of the molecule is CC(=O)Nc1ccc(NC(C)c2ccsc2)cc1C. The van der Waals surface area contributed by atoms with Gasteiger partial charge in [0.05, 0.1) is 0 Å². The number of benzene rings is 1. The van der Waals surface area contributed by atoms with Crippen molar-refractivity contribution in [3.63, 3.8) is 0 Å². The minimum absolute atomic E-state index is 0.0459. The fraction of sp³-hybridized carbons (Fsp3) is 0.267. The molecule has 1 atom stereocenters. The van der Waals surface area contributed by atoms with Crippen LogP contribution in [-0.2, 0) is 4.79 Å². The van der Waals surface area contributed by atoms with Crippen molar-refractivity contribution >= 4 is 28.6 Å². The molecular weight excluding hydrogens is 256 g/mol. The van der Waals surface area contributed by atoms with Crippen LogP contribution in [0.3, 0.4) is 0 Å². The third-order valence-electron chi connectivity index (χ3n) is 2.96. The molecule has 1 amide bonds. The molecule has 2 N–H and O–H groups in total. The first-order chi connectivity index (χ1) is 9.06. The van der Waals surface area contributed by atoms with Crippen molar-refractivity contribution in [3.05, 3.63) is 46.2 Å². The lowest BCUT2D eigenvalue weighted by molar-refractivity contribution is -0.114. The fourth-order valence-corrected chi connectivity index (χ4v) is 2.69. The monoisotopic (exact) mass is 274 g/mol. The number of rotatable bonds is 4. The molecule has 1 unspecified atom stereocenters. The molecule has 0 aliphatic rings. The first-order valence-electron chi connectivity index (χ1n) is 6.23. The second-order valence-corrected chi connectivity index (χ2v) is 5.41. The molecule has 0 radical (unpaired) electrons. The van der Waals surface area contributed by atoms with Gasteiger partial charge in [-0.05, 0) is 60.0 Å². The number of hydrogen-bond donors (Lipinski definition) is 2. The maximum Gasteiger partial charge on any atom is 0.221 e. The Bertz CT molecular complexity index is 564. The van der Waals surface area contributed by atoms with E-state index >= 15 is 0 Å². The Hall–Kier alpha value is -1.81. The number of hydrogen-bond acceptors (Lipinski definition) is 3. The summed E-state index contributed by atoms with van der Waals surface area (Å²) in [6.45, 7) is 5.65. The molecule has 3 nitrogen and oxygen atoms in total. The summed E-state index contributed by atoms with van der Waals surface area (Å²) in [5, 5.41) is 10.5. The van der Waals surface area contributed by atoms with E-state index in [-0.39, 0.29) is 11.9 Å². The van der Waals surface area contributed by atoms with Gasteiger partial charge in [-0.1, -0.05) is 0 Å². The van der Waals surface area contributed by atoms with Gasteiger partial charge in [-0.2, -0.15) is 11.3 Å². The molecule has 4 heteroatoms. The van der Waals surface area contributed by atoms with E-state index in [2.05, 4.69) is 34.4 Å². The van der Waals surface area contributed by atoms with E-state index in [0.29, 0.717) is 0 Å². The average Bonchev–Trinajstić information content (AvgIpc) is 2.86. The Balaban J connectivity index is 2.10. The van der Waals surface area contributed by atoms with Crippen LogP contribution in [0.5, 0.6) is 0 Å². The van der Waals surface area contributed by atoms with Gasteiger partial charge in [-0.3, -0.25) is 4.79 Å². The molecule has 0 bridgehead atoms. The summed E-state index contributed by atoms with van der Waals surface area (Å²) in [6, 6.07) is 8.37. The third kappa shape index (κ3) is 3.58. The normalized spacial score (nSPS) is 11.9. The van der Waals surface area contributed by atoms with Crippen LogP contribution in [0.1, 0.15) is 31.0 Å². The molecule has 2 aromatic rings. The average molecular weight is 274 g/mol. The molecule has 0 saturated carbocycles.